The van der Waals surface area contributed by atoms with Gasteiger partial charge < -0.3 is 15.2 Å². The molecule has 0 saturated heterocycles. The minimum Gasteiger partial charge on any atom is -0.495 e. The van der Waals surface area contributed by atoms with Crippen LogP contribution in [0.4, 0.5) is 5.69 Å². The van der Waals surface area contributed by atoms with Gasteiger partial charge in [-0.1, -0.05) is 43.1 Å². The first kappa shape index (κ1) is 20.7. The predicted molar refractivity (Wildman–Crippen MR) is 112 cm³/mol. The van der Waals surface area contributed by atoms with Crippen LogP contribution in [-0.4, -0.2) is 25.7 Å². The van der Waals surface area contributed by atoms with Crippen molar-refractivity contribution in [1.29, 1.82) is 0 Å². The number of benzene rings is 2. The van der Waals surface area contributed by atoms with E-state index < -0.39 is 0 Å². The average molecular weight is 413 g/mol. The number of nitrogens with two attached hydrogens (primary N) is 1. The summed E-state index contributed by atoms with van der Waals surface area (Å²) in [4.78, 5) is 5.34. The van der Waals surface area contributed by atoms with Crippen LogP contribution in [0.25, 0.3) is 0 Å². The Balaban J connectivity index is 0.000000228. The number of thiol groups is 1. The molecule has 2 aromatic carbocycles. The zero-order valence-corrected chi connectivity index (χ0v) is 17.3. The quantitative estimate of drug-likeness (QED) is 0.526. The number of halogens is 2. The molecule has 4 nitrogen and oxygen atoms in total. The minimum absolute atomic E-state index is 0.218. The zero-order chi connectivity index (χ0) is 19.3. The van der Waals surface area contributed by atoms with Crippen LogP contribution in [0.3, 0.4) is 0 Å². The van der Waals surface area contributed by atoms with Gasteiger partial charge in [-0.25, -0.2) is 4.99 Å². The number of para-hydroxylation sites is 1. The third kappa shape index (κ3) is 5.47. The number of nitrogens with zero attached hydrogens (tertiary/aromatic N) is 1. The molecule has 0 fully saturated rings. The maximum Gasteiger partial charge on any atom is 0.218 e. The highest BCUT2D eigenvalue weighted by Gasteiger charge is 2.24. The number of aliphatic imine (C=N–C) groups is 1. The van der Waals surface area contributed by atoms with Crippen molar-refractivity contribution < 1.29 is 9.47 Å². The lowest BCUT2D eigenvalue weighted by Gasteiger charge is -2.09. The van der Waals surface area contributed by atoms with E-state index in [2.05, 4.69) is 31.5 Å². The second-order valence-electron chi connectivity index (χ2n) is 6.11. The minimum atomic E-state index is 0.218. The molecule has 0 saturated carbocycles. The van der Waals surface area contributed by atoms with E-state index in [1.807, 2.05) is 18.2 Å². The van der Waals surface area contributed by atoms with Crippen LogP contribution in [-0.2, 0) is 4.74 Å². The molecule has 2 aromatic rings. The monoisotopic (exact) mass is 412 g/mol. The third-order valence-electron chi connectivity index (χ3n) is 3.81. The number of hydrogen-bond acceptors (Lipinski definition) is 5. The van der Waals surface area contributed by atoms with E-state index in [0.29, 0.717) is 39.9 Å². The van der Waals surface area contributed by atoms with Crippen LogP contribution in [0.15, 0.2) is 46.3 Å². The molecule has 0 aliphatic carbocycles. The summed E-state index contributed by atoms with van der Waals surface area (Å²) in [5.74, 6) is 1.75. The van der Waals surface area contributed by atoms with Gasteiger partial charge >= 0.3 is 0 Å². The molecule has 1 unspecified atom stereocenters. The Kier molecular flexibility index (Phi) is 7.50. The SMILES string of the molecule is COc1cccc(C2=NC(C(C)C)CO2)c1N.Sc1cc(Cl)cc(Cl)c1. The first-order chi connectivity index (χ1) is 12.3. The highest BCUT2D eigenvalue weighted by atomic mass is 35.5. The van der Waals surface area contributed by atoms with Gasteiger partial charge in [-0.3, -0.25) is 0 Å². The number of anilines is 1. The maximum atomic E-state index is 6.01. The van der Waals surface area contributed by atoms with Crippen molar-refractivity contribution in [3.05, 3.63) is 52.0 Å². The summed E-state index contributed by atoms with van der Waals surface area (Å²) >= 11 is 15.3. The summed E-state index contributed by atoms with van der Waals surface area (Å²) < 4.78 is 10.8. The molecule has 3 rings (SSSR count). The van der Waals surface area contributed by atoms with Gasteiger partial charge in [-0.2, -0.15) is 0 Å². The molecule has 0 amide bonds. The van der Waals surface area contributed by atoms with Gasteiger partial charge in [-0.15, -0.1) is 12.6 Å². The van der Waals surface area contributed by atoms with Crippen LogP contribution in [0.2, 0.25) is 10.0 Å². The lowest BCUT2D eigenvalue weighted by atomic mass is 10.1. The Bertz CT molecular complexity index is 747. The third-order valence-corrected chi connectivity index (χ3v) is 4.50. The molecule has 0 bridgehead atoms. The highest BCUT2D eigenvalue weighted by Crippen LogP contribution is 2.28. The highest BCUT2D eigenvalue weighted by molar-refractivity contribution is 7.80. The van der Waals surface area contributed by atoms with Crippen molar-refractivity contribution in [1.82, 2.24) is 0 Å². The normalized spacial score (nSPS) is 15.8. The molecule has 1 aliphatic rings. The van der Waals surface area contributed by atoms with Gasteiger partial charge in [-0.05, 0) is 36.2 Å². The summed E-state index contributed by atoms with van der Waals surface area (Å²) in [6.45, 7) is 4.90. The Morgan fingerprint density at radius 1 is 1.23 bits per heavy atom. The lowest BCUT2D eigenvalue weighted by Crippen LogP contribution is -2.13. The van der Waals surface area contributed by atoms with Gasteiger partial charge in [0.25, 0.3) is 0 Å². The fourth-order valence-corrected chi connectivity index (χ4v) is 3.28. The first-order valence-corrected chi connectivity index (χ1v) is 9.30. The first-order valence-electron chi connectivity index (χ1n) is 8.10. The summed E-state index contributed by atoms with van der Waals surface area (Å²) in [5.41, 5.74) is 7.40. The molecular weight excluding hydrogens is 391 g/mol. The number of methoxy groups -OCH3 is 1. The van der Waals surface area contributed by atoms with Gasteiger partial charge in [0.1, 0.15) is 12.4 Å². The number of nitrogen functional groups attached to an aromatic ring is 1. The van der Waals surface area contributed by atoms with E-state index in [4.69, 9.17) is 38.4 Å². The van der Waals surface area contributed by atoms with Crippen LogP contribution in [0, 0.1) is 5.92 Å². The molecule has 7 heteroatoms. The Labute approximate surface area is 169 Å². The van der Waals surface area contributed by atoms with Crippen molar-refractivity contribution in [2.75, 3.05) is 19.5 Å². The molecule has 1 heterocycles. The lowest BCUT2D eigenvalue weighted by molar-refractivity contribution is 0.292. The van der Waals surface area contributed by atoms with Crippen molar-refractivity contribution >= 4 is 47.4 Å². The molecule has 1 atom stereocenters. The maximum absolute atomic E-state index is 6.01. The van der Waals surface area contributed by atoms with Crippen LogP contribution < -0.4 is 10.5 Å². The van der Waals surface area contributed by atoms with E-state index >= 15 is 0 Å². The molecule has 26 heavy (non-hydrogen) atoms. The van der Waals surface area contributed by atoms with Crippen molar-refractivity contribution in [2.24, 2.45) is 10.9 Å². The standard InChI is InChI=1S/C13H18N2O2.C6H4Cl2S/c1-8(2)10-7-17-13(15-10)9-5-4-6-11(16-3)12(9)14;7-4-1-5(8)3-6(9)2-4/h4-6,8,10H,7,14H2,1-3H3;1-3,9H. The largest absolute Gasteiger partial charge is 0.495 e. The van der Waals surface area contributed by atoms with Crippen LogP contribution >= 0.6 is 35.8 Å². The molecule has 140 valence electrons. The summed E-state index contributed by atoms with van der Waals surface area (Å²) in [6.07, 6.45) is 0. The molecule has 0 spiro atoms. The summed E-state index contributed by atoms with van der Waals surface area (Å²) in [5, 5.41) is 1.24. The predicted octanol–water partition coefficient (Wildman–Crippen LogP) is 5.36. The summed E-state index contributed by atoms with van der Waals surface area (Å²) in [7, 11) is 1.60. The molecule has 0 aromatic heterocycles. The van der Waals surface area contributed by atoms with Crippen LogP contribution in [0.5, 0.6) is 5.75 Å². The Morgan fingerprint density at radius 3 is 2.38 bits per heavy atom. The summed E-state index contributed by atoms with van der Waals surface area (Å²) in [6, 6.07) is 11.0. The fraction of sp³-hybridized carbons (Fsp3) is 0.316. The number of ether oxygens (including phenoxy) is 2. The fourth-order valence-electron chi connectivity index (χ4n) is 2.33. The van der Waals surface area contributed by atoms with Gasteiger partial charge in [0.05, 0.1) is 24.4 Å². The van der Waals surface area contributed by atoms with E-state index in [1.54, 1.807) is 25.3 Å². The van der Waals surface area contributed by atoms with Crippen LogP contribution in [0.1, 0.15) is 19.4 Å². The number of rotatable bonds is 3. The van der Waals surface area contributed by atoms with Crippen molar-refractivity contribution in [3.63, 3.8) is 0 Å². The van der Waals surface area contributed by atoms with Gasteiger partial charge in [0, 0.05) is 14.9 Å². The number of hydrogen-bond donors (Lipinski definition) is 2. The van der Waals surface area contributed by atoms with Crippen molar-refractivity contribution in [3.8, 4) is 5.75 Å². The Hall–Kier alpha value is -1.56. The van der Waals surface area contributed by atoms with Gasteiger partial charge in [0.15, 0.2) is 0 Å². The van der Waals surface area contributed by atoms with E-state index in [9.17, 15) is 0 Å². The average Bonchev–Trinajstić information content (AvgIpc) is 3.04. The topological polar surface area (TPSA) is 56.8 Å². The second kappa shape index (κ2) is 9.40. The smallest absolute Gasteiger partial charge is 0.218 e. The second-order valence-corrected chi connectivity index (χ2v) is 7.50. The molecule has 1 aliphatic heterocycles. The Morgan fingerprint density at radius 2 is 1.88 bits per heavy atom. The van der Waals surface area contributed by atoms with E-state index in [1.165, 1.54) is 0 Å². The molecule has 0 radical (unpaired) electrons. The molecular formula is C19H22Cl2N2O2S. The van der Waals surface area contributed by atoms with E-state index in [0.717, 1.165) is 10.5 Å². The van der Waals surface area contributed by atoms with Gasteiger partial charge in [0.2, 0.25) is 5.90 Å². The zero-order valence-electron chi connectivity index (χ0n) is 14.9. The van der Waals surface area contributed by atoms with Crippen molar-refractivity contribution in [2.45, 2.75) is 24.8 Å². The molecule has 2 N–H and O–H groups in total. The van der Waals surface area contributed by atoms with E-state index in [-0.39, 0.29) is 6.04 Å².